The number of hydrogen-bond donors (Lipinski definition) is 2. The summed E-state index contributed by atoms with van der Waals surface area (Å²) in [6.07, 6.45) is 0.496. The van der Waals surface area contributed by atoms with Crippen LogP contribution in [-0.2, 0) is 20.9 Å². The Morgan fingerprint density at radius 1 is 1.33 bits per heavy atom. The predicted molar refractivity (Wildman–Crippen MR) is 83.3 cm³/mol. The van der Waals surface area contributed by atoms with Gasteiger partial charge in [-0.15, -0.1) is 0 Å². The molecule has 8 nitrogen and oxygen atoms in total. The molecule has 1 saturated heterocycles. The number of ether oxygens (including phenoxy) is 1. The molecule has 4 amide bonds. The van der Waals surface area contributed by atoms with Gasteiger partial charge in [-0.25, -0.2) is 0 Å². The van der Waals surface area contributed by atoms with Gasteiger partial charge in [-0.1, -0.05) is 0 Å². The predicted octanol–water partition coefficient (Wildman–Crippen LogP) is 0.415. The van der Waals surface area contributed by atoms with E-state index in [2.05, 4.69) is 10.6 Å². The van der Waals surface area contributed by atoms with Crippen LogP contribution in [0.4, 0.5) is 5.69 Å². The van der Waals surface area contributed by atoms with Crippen LogP contribution in [0.25, 0.3) is 0 Å². The molecule has 2 aliphatic heterocycles. The lowest BCUT2D eigenvalue weighted by Crippen LogP contribution is -2.52. The first-order chi connectivity index (χ1) is 11.4. The number of benzene rings is 1. The lowest BCUT2D eigenvalue weighted by molar-refractivity contribution is -0.137. The Hall–Kier alpha value is -2.90. The third kappa shape index (κ3) is 2.70. The van der Waals surface area contributed by atoms with E-state index in [-0.39, 0.29) is 30.7 Å². The van der Waals surface area contributed by atoms with Crippen LogP contribution in [0.3, 0.4) is 0 Å². The number of fused-ring (bicyclic) bond motifs is 1. The van der Waals surface area contributed by atoms with Crippen LogP contribution < -0.4 is 15.4 Å². The normalized spacial score (nSPS) is 19.8. The van der Waals surface area contributed by atoms with Gasteiger partial charge in [0.25, 0.3) is 5.91 Å². The summed E-state index contributed by atoms with van der Waals surface area (Å²) in [6.45, 7) is 1.62. The Morgan fingerprint density at radius 3 is 2.71 bits per heavy atom. The van der Waals surface area contributed by atoms with Gasteiger partial charge in [-0.05, 0) is 18.1 Å². The Balaban J connectivity index is 1.93. The summed E-state index contributed by atoms with van der Waals surface area (Å²) in [5.74, 6) is -0.996. The van der Waals surface area contributed by atoms with E-state index in [1.807, 2.05) is 0 Å². The minimum Gasteiger partial charge on any atom is -0.496 e. The number of carbonyl (C=O) groups is 4. The molecule has 2 aliphatic rings. The van der Waals surface area contributed by atoms with Crippen LogP contribution in [0.2, 0.25) is 0 Å². The molecule has 8 heteroatoms. The minimum atomic E-state index is -0.684. The number of carbonyl (C=O) groups excluding carboxylic acids is 4. The number of hydrogen-bond acceptors (Lipinski definition) is 5. The first-order valence-corrected chi connectivity index (χ1v) is 7.54. The molecule has 0 aromatic heterocycles. The highest BCUT2D eigenvalue weighted by molar-refractivity contribution is 6.07. The van der Waals surface area contributed by atoms with Crippen LogP contribution in [0, 0.1) is 0 Å². The molecule has 0 bridgehead atoms. The Morgan fingerprint density at radius 2 is 2.08 bits per heavy atom. The van der Waals surface area contributed by atoms with E-state index in [1.54, 1.807) is 12.1 Å². The summed E-state index contributed by atoms with van der Waals surface area (Å²) in [7, 11) is 1.44. The van der Waals surface area contributed by atoms with Crippen molar-refractivity contribution in [3.05, 3.63) is 23.3 Å². The van der Waals surface area contributed by atoms with Crippen molar-refractivity contribution in [1.29, 1.82) is 0 Å². The van der Waals surface area contributed by atoms with Crippen LogP contribution in [0.15, 0.2) is 12.1 Å². The second kappa shape index (κ2) is 5.95. The number of amides is 4. The minimum absolute atomic E-state index is 0.199. The molecule has 24 heavy (non-hydrogen) atoms. The number of nitrogens with one attached hydrogen (secondary N) is 2. The summed E-state index contributed by atoms with van der Waals surface area (Å²) in [5.41, 5.74) is 1.58. The molecular weight excluding hydrogens is 314 g/mol. The van der Waals surface area contributed by atoms with Crippen LogP contribution in [0.5, 0.6) is 5.75 Å². The fourth-order valence-electron chi connectivity index (χ4n) is 3.11. The molecule has 1 atom stereocenters. The Labute approximate surface area is 138 Å². The van der Waals surface area contributed by atoms with Gasteiger partial charge in [-0.2, -0.15) is 0 Å². The second-order valence-corrected chi connectivity index (χ2v) is 5.79. The number of nitrogens with zero attached hydrogens (tertiary/aromatic N) is 1. The van der Waals surface area contributed by atoms with Crippen molar-refractivity contribution in [3.63, 3.8) is 0 Å². The number of methoxy groups -OCH3 is 1. The Kier molecular flexibility index (Phi) is 3.96. The van der Waals surface area contributed by atoms with Crippen molar-refractivity contribution in [3.8, 4) is 5.75 Å². The van der Waals surface area contributed by atoms with E-state index in [1.165, 1.54) is 18.9 Å². The van der Waals surface area contributed by atoms with Gasteiger partial charge >= 0.3 is 0 Å². The zero-order valence-corrected chi connectivity index (χ0v) is 13.3. The maximum Gasteiger partial charge on any atom is 0.258 e. The van der Waals surface area contributed by atoms with E-state index in [9.17, 15) is 19.2 Å². The summed E-state index contributed by atoms with van der Waals surface area (Å²) in [5, 5.41) is 4.92. The summed E-state index contributed by atoms with van der Waals surface area (Å²) < 4.78 is 5.28. The molecule has 1 aromatic carbocycles. The van der Waals surface area contributed by atoms with Gasteiger partial charge < -0.3 is 15.0 Å². The SMILES string of the molecule is COc1cc(NC(C)=O)cc2c1C(=O)N(C1CCC(=O)NC1=O)C2. The van der Waals surface area contributed by atoms with Gasteiger partial charge in [-0.3, -0.25) is 24.5 Å². The van der Waals surface area contributed by atoms with Crippen LogP contribution >= 0.6 is 0 Å². The number of piperidine rings is 1. The van der Waals surface area contributed by atoms with Gasteiger partial charge in [0.15, 0.2) is 0 Å². The Bertz CT molecular complexity index is 758. The zero-order valence-electron chi connectivity index (χ0n) is 13.3. The first kappa shape index (κ1) is 16.0. The van der Waals surface area contributed by atoms with Crippen molar-refractivity contribution in [2.75, 3.05) is 12.4 Å². The highest BCUT2D eigenvalue weighted by Gasteiger charge is 2.40. The molecule has 0 spiro atoms. The fraction of sp³-hybridized carbons (Fsp3) is 0.375. The number of rotatable bonds is 3. The summed E-state index contributed by atoms with van der Waals surface area (Å²) in [6, 6.07) is 2.59. The zero-order chi connectivity index (χ0) is 17.4. The highest BCUT2D eigenvalue weighted by atomic mass is 16.5. The van der Waals surface area contributed by atoms with E-state index < -0.39 is 11.9 Å². The summed E-state index contributed by atoms with van der Waals surface area (Å²) >= 11 is 0. The maximum absolute atomic E-state index is 12.7. The van der Waals surface area contributed by atoms with Crippen molar-refractivity contribution in [2.45, 2.75) is 32.4 Å². The van der Waals surface area contributed by atoms with Gasteiger partial charge in [0.2, 0.25) is 17.7 Å². The molecule has 126 valence electrons. The van der Waals surface area contributed by atoms with Crippen LogP contribution in [0.1, 0.15) is 35.7 Å². The monoisotopic (exact) mass is 331 g/mol. The molecular formula is C16H17N3O5. The molecule has 0 saturated carbocycles. The topological polar surface area (TPSA) is 105 Å². The van der Waals surface area contributed by atoms with Crippen LogP contribution in [-0.4, -0.2) is 41.7 Å². The van der Waals surface area contributed by atoms with E-state index in [0.29, 0.717) is 29.0 Å². The average Bonchev–Trinajstić information content (AvgIpc) is 2.83. The largest absolute Gasteiger partial charge is 0.496 e. The van der Waals surface area contributed by atoms with E-state index in [0.717, 1.165) is 0 Å². The lowest BCUT2D eigenvalue weighted by atomic mass is 10.0. The molecule has 3 rings (SSSR count). The highest BCUT2D eigenvalue weighted by Crippen LogP contribution is 2.36. The summed E-state index contributed by atoms with van der Waals surface area (Å²) in [4.78, 5) is 48.7. The number of anilines is 1. The molecule has 1 fully saturated rings. The molecule has 0 aliphatic carbocycles. The van der Waals surface area contributed by atoms with Gasteiger partial charge in [0.1, 0.15) is 11.8 Å². The quantitative estimate of drug-likeness (QED) is 0.781. The van der Waals surface area contributed by atoms with Crippen molar-refractivity contribution in [2.24, 2.45) is 0 Å². The number of imide groups is 1. The maximum atomic E-state index is 12.7. The molecule has 1 unspecified atom stereocenters. The molecule has 2 heterocycles. The lowest BCUT2D eigenvalue weighted by Gasteiger charge is -2.29. The van der Waals surface area contributed by atoms with E-state index in [4.69, 9.17) is 4.74 Å². The first-order valence-electron chi connectivity index (χ1n) is 7.54. The van der Waals surface area contributed by atoms with Gasteiger partial charge in [0.05, 0.1) is 12.7 Å². The third-order valence-corrected chi connectivity index (χ3v) is 4.13. The van der Waals surface area contributed by atoms with E-state index >= 15 is 0 Å². The van der Waals surface area contributed by atoms with Crippen molar-refractivity contribution in [1.82, 2.24) is 10.2 Å². The molecule has 1 aromatic rings. The third-order valence-electron chi connectivity index (χ3n) is 4.13. The van der Waals surface area contributed by atoms with Gasteiger partial charge in [0, 0.05) is 31.6 Å². The van der Waals surface area contributed by atoms with Crippen molar-refractivity contribution >= 4 is 29.3 Å². The van der Waals surface area contributed by atoms with Crippen molar-refractivity contribution < 1.29 is 23.9 Å². The molecule has 0 radical (unpaired) electrons. The average molecular weight is 331 g/mol. The fourth-order valence-corrected chi connectivity index (χ4v) is 3.11. The standard InChI is InChI=1S/C16H17N3O5/c1-8(20)17-10-5-9-7-19(11-3-4-13(21)18-15(11)22)16(23)14(9)12(6-10)24-2/h5-6,11H,3-4,7H2,1-2H3,(H,17,20)(H,18,21,22). The smallest absolute Gasteiger partial charge is 0.258 e. The second-order valence-electron chi connectivity index (χ2n) is 5.79. The molecule has 2 N–H and O–H groups in total.